The SMILES string of the molecule is CC(C)CNc1ccccc1N1CCNCC1. The van der Waals surface area contributed by atoms with Gasteiger partial charge in [0, 0.05) is 32.7 Å². The summed E-state index contributed by atoms with van der Waals surface area (Å²) in [4.78, 5) is 2.46. The summed E-state index contributed by atoms with van der Waals surface area (Å²) in [5.74, 6) is 0.672. The maximum atomic E-state index is 3.55. The fourth-order valence-corrected chi connectivity index (χ4v) is 2.12. The first kappa shape index (κ1) is 12.2. The van der Waals surface area contributed by atoms with E-state index in [1.54, 1.807) is 0 Å². The molecule has 0 amide bonds. The molecule has 0 aliphatic carbocycles. The third-order valence-corrected chi connectivity index (χ3v) is 3.06. The Hall–Kier alpha value is -1.22. The summed E-state index contributed by atoms with van der Waals surface area (Å²) in [6.07, 6.45) is 0. The van der Waals surface area contributed by atoms with Crippen LogP contribution < -0.4 is 15.5 Å². The number of hydrogen-bond donors (Lipinski definition) is 2. The maximum Gasteiger partial charge on any atom is 0.0602 e. The van der Waals surface area contributed by atoms with Crippen LogP contribution in [0.1, 0.15) is 13.8 Å². The van der Waals surface area contributed by atoms with Crippen molar-refractivity contribution in [2.45, 2.75) is 13.8 Å². The van der Waals surface area contributed by atoms with Crippen molar-refractivity contribution in [2.75, 3.05) is 42.9 Å². The van der Waals surface area contributed by atoms with Gasteiger partial charge in [-0.1, -0.05) is 26.0 Å². The lowest BCUT2D eigenvalue weighted by atomic mass is 10.2. The van der Waals surface area contributed by atoms with Crippen LogP contribution in [0.3, 0.4) is 0 Å². The lowest BCUT2D eigenvalue weighted by Crippen LogP contribution is -2.43. The summed E-state index contributed by atoms with van der Waals surface area (Å²) < 4.78 is 0. The molecule has 1 aliphatic heterocycles. The molecule has 0 bridgehead atoms. The quantitative estimate of drug-likeness (QED) is 0.834. The molecule has 0 aromatic heterocycles. The third kappa shape index (κ3) is 3.37. The van der Waals surface area contributed by atoms with Crippen LogP contribution in [-0.4, -0.2) is 32.7 Å². The fourth-order valence-electron chi connectivity index (χ4n) is 2.12. The number of para-hydroxylation sites is 2. The van der Waals surface area contributed by atoms with Crippen LogP contribution in [0, 0.1) is 5.92 Å². The van der Waals surface area contributed by atoms with Gasteiger partial charge in [-0.25, -0.2) is 0 Å². The minimum Gasteiger partial charge on any atom is -0.383 e. The van der Waals surface area contributed by atoms with Crippen molar-refractivity contribution in [3.8, 4) is 0 Å². The topological polar surface area (TPSA) is 27.3 Å². The molecule has 2 rings (SSSR count). The second-order valence-corrected chi connectivity index (χ2v) is 5.03. The monoisotopic (exact) mass is 233 g/mol. The van der Waals surface area contributed by atoms with Crippen molar-refractivity contribution >= 4 is 11.4 Å². The van der Waals surface area contributed by atoms with Gasteiger partial charge in [-0.3, -0.25) is 0 Å². The average Bonchev–Trinajstić information content (AvgIpc) is 2.38. The fraction of sp³-hybridized carbons (Fsp3) is 0.571. The van der Waals surface area contributed by atoms with Crippen LogP contribution >= 0.6 is 0 Å². The molecule has 1 aliphatic rings. The number of nitrogens with one attached hydrogen (secondary N) is 2. The largest absolute Gasteiger partial charge is 0.383 e. The zero-order chi connectivity index (χ0) is 12.1. The van der Waals surface area contributed by atoms with E-state index in [-0.39, 0.29) is 0 Å². The highest BCUT2D eigenvalue weighted by Crippen LogP contribution is 2.25. The van der Waals surface area contributed by atoms with E-state index in [2.05, 4.69) is 53.6 Å². The summed E-state index contributed by atoms with van der Waals surface area (Å²) in [7, 11) is 0. The van der Waals surface area contributed by atoms with Crippen molar-refractivity contribution in [3.63, 3.8) is 0 Å². The number of piperazine rings is 1. The number of benzene rings is 1. The Kier molecular flexibility index (Phi) is 4.26. The van der Waals surface area contributed by atoms with E-state index in [0.29, 0.717) is 5.92 Å². The molecule has 3 nitrogen and oxygen atoms in total. The molecule has 1 aromatic carbocycles. The number of rotatable bonds is 4. The normalized spacial score (nSPS) is 16.3. The zero-order valence-corrected chi connectivity index (χ0v) is 10.9. The highest BCUT2D eigenvalue weighted by molar-refractivity contribution is 5.70. The molecule has 1 fully saturated rings. The van der Waals surface area contributed by atoms with Gasteiger partial charge in [0.25, 0.3) is 0 Å². The van der Waals surface area contributed by atoms with Crippen LogP contribution in [0.2, 0.25) is 0 Å². The molecule has 1 aromatic rings. The second kappa shape index (κ2) is 5.92. The van der Waals surface area contributed by atoms with E-state index in [1.807, 2.05) is 0 Å². The molecule has 0 radical (unpaired) electrons. The Bertz CT molecular complexity index is 343. The van der Waals surface area contributed by atoms with Gasteiger partial charge in [0.05, 0.1) is 11.4 Å². The zero-order valence-electron chi connectivity index (χ0n) is 10.9. The first-order valence-corrected chi connectivity index (χ1v) is 6.56. The van der Waals surface area contributed by atoms with E-state index in [1.165, 1.54) is 11.4 Å². The number of hydrogen-bond acceptors (Lipinski definition) is 3. The molecule has 1 saturated heterocycles. The summed E-state index contributed by atoms with van der Waals surface area (Å²) in [5, 5.41) is 6.94. The Labute approximate surface area is 104 Å². The molecule has 3 heteroatoms. The molecule has 94 valence electrons. The molecule has 0 unspecified atom stereocenters. The lowest BCUT2D eigenvalue weighted by molar-refractivity contribution is 0.589. The van der Waals surface area contributed by atoms with E-state index in [0.717, 1.165) is 32.7 Å². The van der Waals surface area contributed by atoms with Crippen LogP contribution in [0.4, 0.5) is 11.4 Å². The number of nitrogens with zero attached hydrogens (tertiary/aromatic N) is 1. The van der Waals surface area contributed by atoms with E-state index in [4.69, 9.17) is 0 Å². The van der Waals surface area contributed by atoms with E-state index < -0.39 is 0 Å². The summed E-state index contributed by atoms with van der Waals surface area (Å²) in [6.45, 7) is 9.86. The highest BCUT2D eigenvalue weighted by atomic mass is 15.2. The molecular weight excluding hydrogens is 210 g/mol. The standard InChI is InChI=1S/C14H23N3/c1-12(2)11-16-13-5-3-4-6-14(13)17-9-7-15-8-10-17/h3-6,12,15-16H,7-11H2,1-2H3. The Morgan fingerprint density at radius 1 is 1.24 bits per heavy atom. The van der Waals surface area contributed by atoms with Crippen molar-refractivity contribution in [2.24, 2.45) is 5.92 Å². The first-order valence-electron chi connectivity index (χ1n) is 6.56. The molecule has 2 N–H and O–H groups in total. The van der Waals surface area contributed by atoms with Crippen LogP contribution in [-0.2, 0) is 0 Å². The van der Waals surface area contributed by atoms with Crippen molar-refractivity contribution in [1.29, 1.82) is 0 Å². The Balaban J connectivity index is 2.09. The lowest BCUT2D eigenvalue weighted by Gasteiger charge is -2.31. The predicted molar refractivity (Wildman–Crippen MR) is 74.9 cm³/mol. The third-order valence-electron chi connectivity index (χ3n) is 3.06. The Morgan fingerprint density at radius 3 is 2.65 bits per heavy atom. The van der Waals surface area contributed by atoms with Gasteiger partial charge in [0.15, 0.2) is 0 Å². The van der Waals surface area contributed by atoms with Gasteiger partial charge in [-0.15, -0.1) is 0 Å². The van der Waals surface area contributed by atoms with E-state index >= 15 is 0 Å². The summed E-state index contributed by atoms with van der Waals surface area (Å²) in [5.41, 5.74) is 2.61. The minimum atomic E-state index is 0.672. The Morgan fingerprint density at radius 2 is 1.94 bits per heavy atom. The van der Waals surface area contributed by atoms with Gasteiger partial charge in [-0.05, 0) is 18.1 Å². The van der Waals surface area contributed by atoms with Crippen LogP contribution in [0.25, 0.3) is 0 Å². The number of anilines is 2. The van der Waals surface area contributed by atoms with Gasteiger partial charge < -0.3 is 15.5 Å². The van der Waals surface area contributed by atoms with Gasteiger partial charge >= 0.3 is 0 Å². The molecule has 0 saturated carbocycles. The molecule has 0 spiro atoms. The van der Waals surface area contributed by atoms with E-state index in [9.17, 15) is 0 Å². The first-order chi connectivity index (χ1) is 8.27. The van der Waals surface area contributed by atoms with Crippen molar-refractivity contribution in [1.82, 2.24) is 5.32 Å². The maximum absolute atomic E-state index is 3.55. The molecule has 0 atom stereocenters. The average molecular weight is 233 g/mol. The van der Waals surface area contributed by atoms with Gasteiger partial charge in [-0.2, -0.15) is 0 Å². The van der Waals surface area contributed by atoms with Crippen molar-refractivity contribution < 1.29 is 0 Å². The van der Waals surface area contributed by atoms with Crippen molar-refractivity contribution in [3.05, 3.63) is 24.3 Å². The smallest absolute Gasteiger partial charge is 0.0602 e. The molecule has 1 heterocycles. The second-order valence-electron chi connectivity index (χ2n) is 5.03. The minimum absolute atomic E-state index is 0.672. The summed E-state index contributed by atoms with van der Waals surface area (Å²) in [6, 6.07) is 8.63. The van der Waals surface area contributed by atoms with Crippen LogP contribution in [0.15, 0.2) is 24.3 Å². The molecule has 17 heavy (non-hydrogen) atoms. The summed E-state index contributed by atoms with van der Waals surface area (Å²) >= 11 is 0. The van der Waals surface area contributed by atoms with Gasteiger partial charge in [0.2, 0.25) is 0 Å². The van der Waals surface area contributed by atoms with Crippen LogP contribution in [0.5, 0.6) is 0 Å². The molecular formula is C14H23N3. The van der Waals surface area contributed by atoms with Gasteiger partial charge in [0.1, 0.15) is 0 Å². The predicted octanol–water partition coefficient (Wildman–Crippen LogP) is 2.16. The highest BCUT2D eigenvalue weighted by Gasteiger charge is 2.13.